The van der Waals surface area contributed by atoms with Crippen LogP contribution in [0.25, 0.3) is 0 Å². The van der Waals surface area contributed by atoms with E-state index in [0.29, 0.717) is 6.42 Å². The van der Waals surface area contributed by atoms with E-state index in [4.69, 9.17) is 9.72 Å². The van der Waals surface area contributed by atoms with Gasteiger partial charge in [-0.1, -0.05) is 32.9 Å². The summed E-state index contributed by atoms with van der Waals surface area (Å²) in [4.78, 5) is 21.6. The van der Waals surface area contributed by atoms with Crippen LogP contribution >= 0.6 is 11.5 Å². The van der Waals surface area contributed by atoms with Gasteiger partial charge in [-0.05, 0) is 24.6 Å². The molecule has 0 saturated carbocycles. The number of anilines is 1. The van der Waals surface area contributed by atoms with E-state index in [1.165, 1.54) is 11.5 Å². The van der Waals surface area contributed by atoms with Gasteiger partial charge in [-0.2, -0.15) is 4.37 Å². The average Bonchev–Trinajstić information content (AvgIpc) is 3.09. The molecule has 2 heterocycles. The average molecular weight is 389 g/mol. The maximum absolute atomic E-state index is 12.6. The van der Waals surface area contributed by atoms with Crippen molar-refractivity contribution in [3.05, 3.63) is 35.7 Å². The highest BCUT2D eigenvalue weighted by atomic mass is 32.1. The number of rotatable bonds is 4. The highest BCUT2D eigenvalue weighted by Crippen LogP contribution is 2.26. The van der Waals surface area contributed by atoms with Crippen LogP contribution < -0.4 is 9.64 Å². The first-order valence-electron chi connectivity index (χ1n) is 9.29. The molecule has 7 heteroatoms. The molecule has 27 heavy (non-hydrogen) atoms. The van der Waals surface area contributed by atoms with E-state index in [2.05, 4.69) is 22.3 Å². The standard InChI is InChI=1S/C20H28N4O2S/c1-14-13-23(9-10-24(14)18(25)20(2,3)4)19-21-17(22-27-19)12-15-7-6-8-16(11-15)26-5/h6-8,11,14H,9-10,12-13H2,1-5H3/t14-/m0/s1. The SMILES string of the molecule is COc1cccc(Cc2nsc(N3CCN(C(=O)C(C)(C)C)[C@@H](C)C3)n2)c1. The maximum Gasteiger partial charge on any atom is 0.228 e. The molecule has 146 valence electrons. The van der Waals surface area contributed by atoms with E-state index >= 15 is 0 Å². The molecule has 0 spiro atoms. The van der Waals surface area contributed by atoms with Crippen LogP contribution in [0, 0.1) is 5.41 Å². The Morgan fingerprint density at radius 1 is 1.33 bits per heavy atom. The van der Waals surface area contributed by atoms with E-state index in [-0.39, 0.29) is 17.4 Å². The zero-order chi connectivity index (χ0) is 19.6. The third-order valence-corrected chi connectivity index (χ3v) is 5.57. The Labute approximate surface area is 165 Å². The molecule has 1 aliphatic heterocycles. The fraction of sp³-hybridized carbons (Fsp3) is 0.550. The molecule has 1 saturated heterocycles. The molecule has 2 aromatic rings. The summed E-state index contributed by atoms with van der Waals surface area (Å²) in [6.45, 7) is 10.3. The van der Waals surface area contributed by atoms with E-state index in [9.17, 15) is 4.79 Å². The Hall–Kier alpha value is -2.15. The number of hydrogen-bond acceptors (Lipinski definition) is 6. The van der Waals surface area contributed by atoms with Crippen LogP contribution in [-0.2, 0) is 11.2 Å². The molecule has 0 bridgehead atoms. The highest BCUT2D eigenvalue weighted by Gasteiger charge is 2.34. The fourth-order valence-electron chi connectivity index (χ4n) is 3.27. The second-order valence-corrected chi connectivity index (χ2v) is 8.80. The number of piperazine rings is 1. The molecule has 0 radical (unpaired) electrons. The van der Waals surface area contributed by atoms with E-state index in [1.807, 2.05) is 43.9 Å². The number of methoxy groups -OCH3 is 1. The first-order chi connectivity index (χ1) is 12.8. The van der Waals surface area contributed by atoms with Crippen LogP contribution in [0.15, 0.2) is 24.3 Å². The summed E-state index contributed by atoms with van der Waals surface area (Å²) in [6, 6.07) is 8.15. The Morgan fingerprint density at radius 2 is 2.11 bits per heavy atom. The van der Waals surface area contributed by atoms with Crippen molar-refractivity contribution in [2.45, 2.75) is 40.2 Å². The third kappa shape index (κ3) is 4.58. The van der Waals surface area contributed by atoms with Crippen molar-refractivity contribution in [2.24, 2.45) is 5.41 Å². The van der Waals surface area contributed by atoms with Gasteiger partial charge in [0, 0.05) is 49.0 Å². The minimum absolute atomic E-state index is 0.163. The van der Waals surface area contributed by atoms with Gasteiger partial charge in [0.15, 0.2) is 0 Å². The Kier molecular flexibility index (Phi) is 5.69. The predicted molar refractivity (Wildman–Crippen MR) is 109 cm³/mol. The fourth-order valence-corrected chi connectivity index (χ4v) is 3.99. The number of benzene rings is 1. The maximum atomic E-state index is 12.6. The number of carbonyl (C=O) groups is 1. The van der Waals surface area contributed by atoms with Crippen LogP contribution in [0.3, 0.4) is 0 Å². The largest absolute Gasteiger partial charge is 0.497 e. The molecule has 1 atom stereocenters. The van der Waals surface area contributed by atoms with Crippen LogP contribution in [-0.4, -0.2) is 53.0 Å². The normalized spacial score (nSPS) is 17.9. The topological polar surface area (TPSA) is 58.6 Å². The Bertz CT molecular complexity index is 799. The molecule has 0 N–H and O–H groups in total. The Morgan fingerprint density at radius 3 is 2.78 bits per heavy atom. The zero-order valence-corrected chi connectivity index (χ0v) is 17.5. The van der Waals surface area contributed by atoms with Crippen LogP contribution in [0.5, 0.6) is 5.75 Å². The summed E-state index contributed by atoms with van der Waals surface area (Å²) in [6.07, 6.45) is 0.686. The number of aromatic nitrogens is 2. The second-order valence-electron chi connectivity index (χ2n) is 8.07. The molecular weight excluding hydrogens is 360 g/mol. The van der Waals surface area contributed by atoms with E-state index < -0.39 is 0 Å². The van der Waals surface area contributed by atoms with Gasteiger partial charge in [0.1, 0.15) is 11.6 Å². The molecule has 1 aromatic heterocycles. The summed E-state index contributed by atoms with van der Waals surface area (Å²) in [5.41, 5.74) is 0.788. The lowest BCUT2D eigenvalue weighted by Gasteiger charge is -2.42. The van der Waals surface area contributed by atoms with Gasteiger partial charge >= 0.3 is 0 Å². The number of hydrogen-bond donors (Lipinski definition) is 0. The molecule has 0 unspecified atom stereocenters. The lowest BCUT2D eigenvalue weighted by Crippen LogP contribution is -2.56. The molecule has 3 rings (SSSR count). The van der Waals surface area contributed by atoms with Crippen LogP contribution in [0.4, 0.5) is 5.13 Å². The summed E-state index contributed by atoms with van der Waals surface area (Å²) in [5.74, 6) is 1.88. The summed E-state index contributed by atoms with van der Waals surface area (Å²) in [7, 11) is 1.67. The highest BCUT2D eigenvalue weighted by molar-refractivity contribution is 7.09. The van der Waals surface area contributed by atoms with Crippen molar-refractivity contribution in [2.75, 3.05) is 31.6 Å². The van der Waals surface area contributed by atoms with Crippen molar-refractivity contribution in [1.29, 1.82) is 0 Å². The first-order valence-corrected chi connectivity index (χ1v) is 10.1. The minimum Gasteiger partial charge on any atom is -0.497 e. The summed E-state index contributed by atoms with van der Waals surface area (Å²) < 4.78 is 9.81. The van der Waals surface area contributed by atoms with Crippen molar-refractivity contribution >= 4 is 22.6 Å². The van der Waals surface area contributed by atoms with Gasteiger partial charge < -0.3 is 14.5 Å². The summed E-state index contributed by atoms with van der Waals surface area (Å²) >= 11 is 1.43. The molecule has 1 amide bonds. The smallest absolute Gasteiger partial charge is 0.228 e. The van der Waals surface area contributed by atoms with Crippen molar-refractivity contribution in [1.82, 2.24) is 14.3 Å². The van der Waals surface area contributed by atoms with Gasteiger partial charge in [0.25, 0.3) is 0 Å². The first kappa shape index (κ1) is 19.6. The van der Waals surface area contributed by atoms with E-state index in [1.54, 1.807) is 7.11 Å². The van der Waals surface area contributed by atoms with Gasteiger partial charge in [0.05, 0.1) is 7.11 Å². The lowest BCUT2D eigenvalue weighted by molar-refractivity contribution is -0.142. The molecule has 6 nitrogen and oxygen atoms in total. The number of amides is 1. The minimum atomic E-state index is -0.344. The van der Waals surface area contributed by atoms with Crippen LogP contribution in [0.1, 0.15) is 39.1 Å². The van der Waals surface area contributed by atoms with E-state index in [0.717, 1.165) is 41.9 Å². The zero-order valence-electron chi connectivity index (χ0n) is 16.7. The number of ether oxygens (including phenoxy) is 1. The molecule has 1 fully saturated rings. The monoisotopic (exact) mass is 388 g/mol. The van der Waals surface area contributed by atoms with Gasteiger partial charge in [-0.25, -0.2) is 4.98 Å². The lowest BCUT2D eigenvalue weighted by atomic mass is 9.93. The number of carbonyl (C=O) groups excluding carboxylic acids is 1. The van der Waals surface area contributed by atoms with Crippen molar-refractivity contribution in [3.8, 4) is 5.75 Å². The summed E-state index contributed by atoms with van der Waals surface area (Å²) in [5, 5.41) is 0.933. The van der Waals surface area contributed by atoms with Gasteiger partial charge in [0.2, 0.25) is 11.0 Å². The number of nitrogens with zero attached hydrogens (tertiary/aromatic N) is 4. The van der Waals surface area contributed by atoms with Crippen molar-refractivity contribution < 1.29 is 9.53 Å². The predicted octanol–water partition coefficient (Wildman–Crippen LogP) is 3.22. The quantitative estimate of drug-likeness (QED) is 0.805. The Balaban J connectivity index is 1.64. The second kappa shape index (κ2) is 7.84. The third-order valence-electron chi connectivity index (χ3n) is 4.75. The van der Waals surface area contributed by atoms with Gasteiger partial charge in [-0.3, -0.25) is 4.79 Å². The van der Waals surface area contributed by atoms with Crippen LogP contribution in [0.2, 0.25) is 0 Å². The molecule has 0 aliphatic carbocycles. The molecular formula is C20H28N4O2S. The van der Waals surface area contributed by atoms with Gasteiger partial charge in [-0.15, -0.1) is 0 Å². The molecule has 1 aromatic carbocycles. The van der Waals surface area contributed by atoms with Crippen molar-refractivity contribution in [3.63, 3.8) is 0 Å². The molecule has 1 aliphatic rings.